The van der Waals surface area contributed by atoms with Crippen LogP contribution in [-0.4, -0.2) is 46.0 Å². The highest BCUT2D eigenvalue weighted by atomic mass is 32.2. The van der Waals surface area contributed by atoms with Crippen molar-refractivity contribution in [3.63, 3.8) is 0 Å². The Balaban J connectivity index is 1.38. The molecule has 2 aliphatic rings. The maximum Gasteiger partial charge on any atom is 0.198 e. The van der Waals surface area contributed by atoms with Crippen LogP contribution in [0.2, 0.25) is 0 Å². The molecule has 2 aliphatic heterocycles. The molecule has 0 N–H and O–H groups in total. The lowest BCUT2D eigenvalue weighted by Crippen LogP contribution is -2.43. The van der Waals surface area contributed by atoms with Gasteiger partial charge in [0.2, 0.25) is 0 Å². The minimum Gasteiger partial charge on any atom is -0.453 e. The number of furan rings is 1. The fraction of sp³-hybridized carbons (Fsp3) is 0.625. The van der Waals surface area contributed by atoms with Crippen LogP contribution in [0, 0.1) is 5.41 Å². The summed E-state index contributed by atoms with van der Waals surface area (Å²) in [6, 6.07) is 4.10. The molecule has 1 spiro atoms. The molecule has 2 saturated heterocycles. The summed E-state index contributed by atoms with van der Waals surface area (Å²) < 4.78 is 13.5. The topological polar surface area (TPSA) is 56.3 Å². The normalized spacial score (nSPS) is 25.4. The lowest BCUT2D eigenvalue weighted by Gasteiger charge is -2.39. The number of aromatic nitrogens is 3. The molecular weight excluding hydrogens is 312 g/mol. The van der Waals surface area contributed by atoms with E-state index in [0.717, 1.165) is 48.9 Å². The second-order valence-electron chi connectivity index (χ2n) is 6.66. The third-order valence-corrected chi connectivity index (χ3v) is 5.78. The summed E-state index contributed by atoms with van der Waals surface area (Å²) in [4.78, 5) is 2.51. The second kappa shape index (κ2) is 6.30. The zero-order chi connectivity index (χ0) is 15.7. The molecule has 4 heterocycles. The molecule has 124 valence electrons. The maximum atomic E-state index is 5.97. The summed E-state index contributed by atoms with van der Waals surface area (Å²) >= 11 is 1.51. The van der Waals surface area contributed by atoms with E-state index in [4.69, 9.17) is 9.15 Å². The van der Waals surface area contributed by atoms with E-state index >= 15 is 0 Å². The van der Waals surface area contributed by atoms with Gasteiger partial charge in [0, 0.05) is 25.6 Å². The van der Waals surface area contributed by atoms with Crippen LogP contribution in [0.25, 0.3) is 0 Å². The summed E-state index contributed by atoms with van der Waals surface area (Å²) in [5.41, 5.74) is 0.390. The Hall–Kier alpha value is -1.31. The van der Waals surface area contributed by atoms with Gasteiger partial charge in [0.1, 0.15) is 12.1 Å². The van der Waals surface area contributed by atoms with Crippen molar-refractivity contribution in [3.05, 3.63) is 24.2 Å². The van der Waals surface area contributed by atoms with Gasteiger partial charge in [0.15, 0.2) is 10.2 Å². The number of piperidine rings is 1. The Bertz CT molecular complexity index is 663. The molecule has 0 radical (unpaired) electrons. The van der Waals surface area contributed by atoms with Gasteiger partial charge >= 0.3 is 0 Å². The Labute approximate surface area is 140 Å². The van der Waals surface area contributed by atoms with Crippen molar-refractivity contribution in [2.75, 3.05) is 26.3 Å². The number of rotatable bonds is 4. The van der Waals surface area contributed by atoms with Gasteiger partial charge < -0.3 is 13.7 Å². The summed E-state index contributed by atoms with van der Waals surface area (Å²) in [5.74, 6) is 1.02. The number of ether oxygens (including phenoxy) is 1. The number of hydrogen-bond acceptors (Lipinski definition) is 6. The minimum absolute atomic E-state index is 0.390. The third-order valence-electron chi connectivity index (χ3n) is 4.80. The number of likely N-dealkylation sites (tertiary alicyclic amines) is 1. The molecule has 0 aliphatic carbocycles. The lowest BCUT2D eigenvalue weighted by molar-refractivity contribution is 0.0602. The predicted molar refractivity (Wildman–Crippen MR) is 86.2 cm³/mol. The Morgan fingerprint density at radius 3 is 3.09 bits per heavy atom. The number of aryl methyl sites for hydroxylation is 1. The second-order valence-corrected chi connectivity index (χ2v) is 7.64. The highest BCUT2D eigenvalue weighted by Crippen LogP contribution is 2.38. The van der Waals surface area contributed by atoms with Gasteiger partial charge in [-0.05, 0) is 49.7 Å². The van der Waals surface area contributed by atoms with E-state index in [1.54, 1.807) is 6.33 Å². The van der Waals surface area contributed by atoms with Gasteiger partial charge in [0.05, 0.1) is 13.2 Å². The van der Waals surface area contributed by atoms with Crippen LogP contribution in [0.5, 0.6) is 0 Å². The van der Waals surface area contributed by atoms with E-state index in [-0.39, 0.29) is 0 Å². The first-order valence-corrected chi connectivity index (χ1v) is 8.95. The summed E-state index contributed by atoms with van der Waals surface area (Å²) in [5, 5.41) is 9.67. The fourth-order valence-electron chi connectivity index (χ4n) is 3.59. The average Bonchev–Trinajstić information content (AvgIpc) is 3.25. The van der Waals surface area contributed by atoms with Gasteiger partial charge in [-0.2, -0.15) is 0 Å². The van der Waals surface area contributed by atoms with E-state index in [1.165, 1.54) is 31.0 Å². The van der Waals surface area contributed by atoms with Crippen LogP contribution in [-0.2, 0) is 18.3 Å². The molecule has 0 unspecified atom stereocenters. The first-order chi connectivity index (χ1) is 11.2. The Kier molecular flexibility index (Phi) is 4.17. The van der Waals surface area contributed by atoms with Crippen LogP contribution in [0.15, 0.2) is 33.1 Å². The monoisotopic (exact) mass is 334 g/mol. The van der Waals surface area contributed by atoms with Crippen molar-refractivity contribution in [3.8, 4) is 0 Å². The van der Waals surface area contributed by atoms with Crippen molar-refractivity contribution in [1.29, 1.82) is 0 Å². The SMILES string of the molecule is Cn1cnnc1Sc1ccc(CN2CCC[C@]3(CCOC3)C2)o1. The zero-order valence-electron chi connectivity index (χ0n) is 13.4. The van der Waals surface area contributed by atoms with Crippen molar-refractivity contribution < 1.29 is 9.15 Å². The lowest BCUT2D eigenvalue weighted by atomic mass is 9.79. The summed E-state index contributed by atoms with van der Waals surface area (Å²) in [6.07, 6.45) is 5.46. The van der Waals surface area contributed by atoms with Crippen molar-refractivity contribution in [1.82, 2.24) is 19.7 Å². The molecule has 7 heteroatoms. The van der Waals surface area contributed by atoms with E-state index < -0.39 is 0 Å². The first kappa shape index (κ1) is 15.2. The first-order valence-electron chi connectivity index (χ1n) is 8.13. The summed E-state index contributed by atoms with van der Waals surface area (Å²) in [6.45, 7) is 5.00. The Morgan fingerprint density at radius 2 is 2.30 bits per heavy atom. The molecule has 23 heavy (non-hydrogen) atoms. The molecule has 4 rings (SSSR count). The standard InChI is InChI=1S/C16H22N4O2S/c1-19-12-17-18-15(19)23-14-4-3-13(22-14)9-20-7-2-5-16(10-20)6-8-21-11-16/h3-4,12H,2,5-11H2,1H3/t16-/m0/s1. The van der Waals surface area contributed by atoms with E-state index in [0.29, 0.717) is 5.41 Å². The van der Waals surface area contributed by atoms with Gasteiger partial charge in [-0.3, -0.25) is 4.90 Å². The largest absolute Gasteiger partial charge is 0.453 e. The van der Waals surface area contributed by atoms with Crippen molar-refractivity contribution >= 4 is 11.8 Å². The predicted octanol–water partition coefficient (Wildman–Crippen LogP) is 2.56. The molecule has 2 fully saturated rings. The van der Waals surface area contributed by atoms with Gasteiger partial charge in [-0.15, -0.1) is 10.2 Å². The summed E-state index contributed by atoms with van der Waals surface area (Å²) in [7, 11) is 1.93. The zero-order valence-corrected chi connectivity index (χ0v) is 14.2. The molecule has 0 aromatic carbocycles. The van der Waals surface area contributed by atoms with E-state index in [9.17, 15) is 0 Å². The van der Waals surface area contributed by atoms with Gasteiger partial charge in [-0.1, -0.05) is 0 Å². The fourth-order valence-corrected chi connectivity index (χ4v) is 4.33. The van der Waals surface area contributed by atoms with Crippen LogP contribution in [0.1, 0.15) is 25.0 Å². The van der Waals surface area contributed by atoms with E-state index in [1.807, 2.05) is 17.7 Å². The number of nitrogens with zero attached hydrogens (tertiary/aromatic N) is 4. The van der Waals surface area contributed by atoms with Crippen LogP contribution < -0.4 is 0 Å². The highest BCUT2D eigenvalue weighted by Gasteiger charge is 2.38. The van der Waals surface area contributed by atoms with Crippen molar-refractivity contribution in [2.45, 2.75) is 36.1 Å². The molecule has 0 amide bonds. The molecular formula is C16H22N4O2S. The molecule has 2 aromatic heterocycles. The third kappa shape index (κ3) is 3.32. The van der Waals surface area contributed by atoms with Gasteiger partial charge in [-0.25, -0.2) is 0 Å². The average molecular weight is 334 g/mol. The van der Waals surface area contributed by atoms with Crippen LogP contribution >= 0.6 is 11.8 Å². The minimum atomic E-state index is 0.390. The van der Waals surface area contributed by atoms with Crippen molar-refractivity contribution in [2.24, 2.45) is 12.5 Å². The molecule has 2 aromatic rings. The molecule has 0 bridgehead atoms. The molecule has 0 saturated carbocycles. The molecule has 1 atom stereocenters. The van der Waals surface area contributed by atoms with E-state index in [2.05, 4.69) is 21.2 Å². The van der Waals surface area contributed by atoms with Crippen LogP contribution in [0.3, 0.4) is 0 Å². The highest BCUT2D eigenvalue weighted by molar-refractivity contribution is 7.99. The smallest absolute Gasteiger partial charge is 0.198 e. The molecule has 6 nitrogen and oxygen atoms in total. The number of hydrogen-bond donors (Lipinski definition) is 0. The van der Waals surface area contributed by atoms with Gasteiger partial charge in [0.25, 0.3) is 0 Å². The Morgan fingerprint density at radius 1 is 1.35 bits per heavy atom. The quantitative estimate of drug-likeness (QED) is 0.856. The maximum absolute atomic E-state index is 5.97. The van der Waals surface area contributed by atoms with Crippen LogP contribution in [0.4, 0.5) is 0 Å².